The Kier molecular flexibility index (Phi) is 5.81. The van der Waals surface area contributed by atoms with Crippen LogP contribution in [-0.2, 0) is 4.79 Å². The number of anilines is 1. The molecule has 1 aromatic heterocycles. The predicted octanol–water partition coefficient (Wildman–Crippen LogP) is 2.36. The van der Waals surface area contributed by atoms with Crippen molar-refractivity contribution in [2.75, 3.05) is 45.3 Å². The largest absolute Gasteiger partial charge is 0.493 e. The zero-order valence-corrected chi connectivity index (χ0v) is 15.9. The van der Waals surface area contributed by atoms with E-state index in [2.05, 4.69) is 9.88 Å². The number of aromatic nitrogens is 1. The van der Waals surface area contributed by atoms with Gasteiger partial charge in [0.25, 0.3) is 0 Å². The zero-order valence-electron chi connectivity index (χ0n) is 15.9. The third kappa shape index (κ3) is 3.98. The smallest absolute Gasteiger partial charge is 0.325 e. The number of piperazine rings is 1. The first-order valence-electron chi connectivity index (χ1n) is 8.89. The van der Waals surface area contributed by atoms with Crippen molar-refractivity contribution in [3.63, 3.8) is 0 Å². The van der Waals surface area contributed by atoms with Gasteiger partial charge in [-0.25, -0.2) is 0 Å². The second-order valence-corrected chi connectivity index (χ2v) is 6.56. The van der Waals surface area contributed by atoms with E-state index >= 15 is 0 Å². The molecule has 1 saturated heterocycles. The molecule has 0 saturated carbocycles. The molecule has 144 valence electrons. The van der Waals surface area contributed by atoms with E-state index in [1.54, 1.807) is 19.5 Å². The lowest BCUT2D eigenvalue weighted by Crippen LogP contribution is -2.49. The lowest BCUT2D eigenvalue weighted by Gasteiger charge is -2.39. The topological polar surface area (TPSA) is 75.1 Å². The van der Waals surface area contributed by atoms with Gasteiger partial charge >= 0.3 is 5.97 Å². The van der Waals surface area contributed by atoms with Gasteiger partial charge in [-0.3, -0.25) is 14.7 Å². The van der Waals surface area contributed by atoms with Crippen molar-refractivity contribution in [1.82, 2.24) is 9.88 Å². The molecule has 1 atom stereocenters. The molecular weight excluding hydrogens is 346 g/mol. The van der Waals surface area contributed by atoms with Gasteiger partial charge in [-0.05, 0) is 36.8 Å². The SMILES string of the molecule is COc1cc(C)cc(C(C(=O)O)N2CCN(c3ccncc3)CC2)c1OC. The maximum atomic E-state index is 12.2. The van der Waals surface area contributed by atoms with Gasteiger partial charge < -0.3 is 19.5 Å². The summed E-state index contributed by atoms with van der Waals surface area (Å²) < 4.78 is 10.9. The molecule has 7 heteroatoms. The number of pyridine rings is 1. The Hall–Kier alpha value is -2.80. The molecule has 0 spiro atoms. The third-order valence-electron chi connectivity index (χ3n) is 4.89. The molecule has 0 aliphatic carbocycles. The van der Waals surface area contributed by atoms with E-state index in [0.717, 1.165) is 24.3 Å². The summed E-state index contributed by atoms with van der Waals surface area (Å²) in [7, 11) is 3.10. The normalized spacial score (nSPS) is 16.0. The first kappa shape index (κ1) is 19.0. The molecular formula is C20H25N3O4. The quantitative estimate of drug-likeness (QED) is 0.835. The monoisotopic (exact) mass is 371 g/mol. The fraction of sp³-hybridized carbons (Fsp3) is 0.400. The van der Waals surface area contributed by atoms with Crippen LogP contribution in [0.2, 0.25) is 0 Å². The molecule has 1 aliphatic rings. The van der Waals surface area contributed by atoms with Gasteiger partial charge in [0, 0.05) is 49.8 Å². The number of aliphatic carboxylic acids is 1. The Bertz CT molecular complexity index is 789. The van der Waals surface area contributed by atoms with Gasteiger partial charge in [-0.2, -0.15) is 0 Å². The fourth-order valence-corrected chi connectivity index (χ4v) is 3.62. The van der Waals surface area contributed by atoms with Crippen molar-refractivity contribution in [1.29, 1.82) is 0 Å². The fourth-order valence-electron chi connectivity index (χ4n) is 3.62. The number of rotatable bonds is 6. The summed E-state index contributed by atoms with van der Waals surface area (Å²) in [6.45, 7) is 4.70. The van der Waals surface area contributed by atoms with Gasteiger partial charge in [0.05, 0.1) is 14.2 Å². The van der Waals surface area contributed by atoms with Gasteiger partial charge in [0.1, 0.15) is 6.04 Å². The van der Waals surface area contributed by atoms with E-state index in [9.17, 15) is 9.90 Å². The highest BCUT2D eigenvalue weighted by Gasteiger charge is 2.33. The maximum Gasteiger partial charge on any atom is 0.325 e. The van der Waals surface area contributed by atoms with Crippen LogP contribution in [0.25, 0.3) is 0 Å². The molecule has 0 radical (unpaired) electrons. The lowest BCUT2D eigenvalue weighted by atomic mass is 10.00. The van der Waals surface area contributed by atoms with E-state index < -0.39 is 12.0 Å². The summed E-state index contributed by atoms with van der Waals surface area (Å²) in [4.78, 5) is 20.4. The number of hydrogen-bond acceptors (Lipinski definition) is 6. The minimum atomic E-state index is -0.890. The molecule has 1 aliphatic heterocycles. The van der Waals surface area contributed by atoms with Crippen LogP contribution in [0.3, 0.4) is 0 Å². The standard InChI is InChI=1S/C20H25N3O4/c1-14-12-16(19(27-3)17(13-14)26-2)18(20(24)25)23-10-8-22(9-11-23)15-4-6-21-7-5-15/h4-7,12-13,18H,8-11H2,1-3H3,(H,24,25). The van der Waals surface area contributed by atoms with Crippen LogP contribution in [0, 0.1) is 6.92 Å². The molecule has 2 aromatic rings. The number of carboxylic acids is 1. The lowest BCUT2D eigenvalue weighted by molar-refractivity contribution is -0.143. The molecule has 1 N–H and O–H groups in total. The van der Waals surface area contributed by atoms with Gasteiger partial charge in [-0.15, -0.1) is 0 Å². The summed E-state index contributed by atoms with van der Waals surface area (Å²) >= 11 is 0. The van der Waals surface area contributed by atoms with E-state index in [-0.39, 0.29) is 0 Å². The molecule has 1 fully saturated rings. The molecule has 0 amide bonds. The Morgan fingerprint density at radius 2 is 1.78 bits per heavy atom. The number of hydrogen-bond donors (Lipinski definition) is 1. The number of carbonyl (C=O) groups is 1. The van der Waals surface area contributed by atoms with E-state index in [4.69, 9.17) is 9.47 Å². The van der Waals surface area contributed by atoms with Crippen LogP contribution >= 0.6 is 0 Å². The Morgan fingerprint density at radius 3 is 2.33 bits per heavy atom. The highest BCUT2D eigenvalue weighted by Crippen LogP contribution is 2.38. The average molecular weight is 371 g/mol. The summed E-state index contributed by atoms with van der Waals surface area (Å²) in [5.74, 6) is 0.138. The van der Waals surface area contributed by atoms with Gasteiger partial charge in [0.2, 0.25) is 0 Å². The predicted molar refractivity (Wildman–Crippen MR) is 103 cm³/mol. The Labute approximate surface area is 159 Å². The van der Waals surface area contributed by atoms with Crippen LogP contribution in [0.5, 0.6) is 11.5 Å². The highest BCUT2D eigenvalue weighted by molar-refractivity contribution is 5.77. The Morgan fingerprint density at radius 1 is 1.11 bits per heavy atom. The van der Waals surface area contributed by atoms with Crippen LogP contribution < -0.4 is 14.4 Å². The third-order valence-corrected chi connectivity index (χ3v) is 4.89. The number of methoxy groups -OCH3 is 2. The van der Waals surface area contributed by atoms with Crippen molar-refractivity contribution in [3.05, 3.63) is 47.8 Å². The first-order valence-corrected chi connectivity index (χ1v) is 8.89. The van der Waals surface area contributed by atoms with Crippen molar-refractivity contribution < 1.29 is 19.4 Å². The second kappa shape index (κ2) is 8.26. The van der Waals surface area contributed by atoms with Crippen LogP contribution in [-0.4, -0.2) is 61.4 Å². The van der Waals surface area contributed by atoms with Crippen molar-refractivity contribution in [2.24, 2.45) is 0 Å². The minimum absolute atomic E-state index is 0.479. The van der Waals surface area contributed by atoms with E-state index in [1.165, 1.54) is 7.11 Å². The number of ether oxygens (including phenoxy) is 2. The van der Waals surface area contributed by atoms with Crippen LogP contribution in [0.15, 0.2) is 36.7 Å². The molecule has 27 heavy (non-hydrogen) atoms. The van der Waals surface area contributed by atoms with Crippen LogP contribution in [0.1, 0.15) is 17.2 Å². The first-order chi connectivity index (χ1) is 13.0. The zero-order chi connectivity index (χ0) is 19.4. The Balaban J connectivity index is 1.86. The molecule has 3 rings (SSSR count). The summed E-state index contributed by atoms with van der Waals surface area (Å²) in [6, 6.07) is 6.88. The average Bonchev–Trinajstić information content (AvgIpc) is 2.68. The maximum absolute atomic E-state index is 12.2. The number of nitrogens with zero attached hydrogens (tertiary/aromatic N) is 3. The van der Waals surface area contributed by atoms with Crippen molar-refractivity contribution >= 4 is 11.7 Å². The number of benzene rings is 1. The number of carboxylic acid groups (broad SMARTS) is 1. The van der Waals surface area contributed by atoms with Crippen molar-refractivity contribution in [3.8, 4) is 11.5 Å². The van der Waals surface area contributed by atoms with Gasteiger partial charge in [0.15, 0.2) is 11.5 Å². The molecule has 2 heterocycles. The highest BCUT2D eigenvalue weighted by atomic mass is 16.5. The van der Waals surface area contributed by atoms with E-state index in [0.29, 0.717) is 30.2 Å². The summed E-state index contributed by atoms with van der Waals surface area (Å²) in [5.41, 5.74) is 2.66. The van der Waals surface area contributed by atoms with E-state index in [1.807, 2.05) is 36.1 Å². The van der Waals surface area contributed by atoms with Crippen LogP contribution in [0.4, 0.5) is 5.69 Å². The van der Waals surface area contributed by atoms with Gasteiger partial charge in [-0.1, -0.05) is 0 Å². The summed E-state index contributed by atoms with van der Waals surface area (Å²) in [5, 5.41) is 9.98. The second-order valence-electron chi connectivity index (χ2n) is 6.56. The number of aryl methyl sites for hydroxylation is 1. The minimum Gasteiger partial charge on any atom is -0.493 e. The molecule has 1 unspecified atom stereocenters. The van der Waals surface area contributed by atoms with Crippen molar-refractivity contribution in [2.45, 2.75) is 13.0 Å². The molecule has 1 aromatic carbocycles. The molecule has 7 nitrogen and oxygen atoms in total. The molecule has 0 bridgehead atoms. The summed E-state index contributed by atoms with van der Waals surface area (Å²) in [6.07, 6.45) is 3.54.